The Morgan fingerprint density at radius 1 is 1.40 bits per heavy atom. The summed E-state index contributed by atoms with van der Waals surface area (Å²) in [4.78, 5) is 2.52. The average Bonchev–Trinajstić information content (AvgIpc) is 2.93. The Kier molecular flexibility index (Phi) is 5.86. The molecule has 2 rings (SSSR count). The van der Waals surface area contributed by atoms with Crippen LogP contribution in [-0.4, -0.2) is 33.4 Å². The first-order valence-corrected chi connectivity index (χ1v) is 7.82. The Bertz CT molecular complexity index is 408. The number of methoxy groups -OCH3 is 1. The van der Waals surface area contributed by atoms with E-state index in [1.165, 1.54) is 24.1 Å². The molecule has 3 heteroatoms. The highest BCUT2D eigenvalue weighted by Gasteiger charge is 2.24. The maximum Gasteiger partial charge on any atom is 0.0508 e. The van der Waals surface area contributed by atoms with Crippen LogP contribution in [0.3, 0.4) is 0 Å². The lowest BCUT2D eigenvalue weighted by atomic mass is 10.0. The molecule has 0 aromatic heterocycles. The first-order chi connectivity index (χ1) is 9.76. The van der Waals surface area contributed by atoms with Crippen LogP contribution in [0.15, 0.2) is 24.3 Å². The van der Waals surface area contributed by atoms with E-state index in [-0.39, 0.29) is 0 Å². The minimum atomic E-state index is 0.410. The maximum absolute atomic E-state index is 5.30. The third kappa shape index (κ3) is 3.74. The van der Waals surface area contributed by atoms with Crippen LogP contribution in [0.5, 0.6) is 0 Å². The highest BCUT2D eigenvalue weighted by Crippen LogP contribution is 2.30. The second-order valence-electron chi connectivity index (χ2n) is 5.79. The van der Waals surface area contributed by atoms with Gasteiger partial charge in [-0.2, -0.15) is 0 Å². The second kappa shape index (κ2) is 7.65. The van der Waals surface area contributed by atoms with Crippen LogP contribution in [-0.2, 0) is 4.74 Å². The van der Waals surface area contributed by atoms with Gasteiger partial charge in [0.15, 0.2) is 0 Å². The lowest BCUT2D eigenvalue weighted by Crippen LogP contribution is -2.25. The molecule has 1 heterocycles. The number of anilines is 1. The van der Waals surface area contributed by atoms with E-state index >= 15 is 0 Å². The maximum atomic E-state index is 5.30. The van der Waals surface area contributed by atoms with Gasteiger partial charge < -0.3 is 15.0 Å². The molecular formula is C17H28N2O. The molecule has 2 unspecified atom stereocenters. The van der Waals surface area contributed by atoms with Crippen LogP contribution >= 0.6 is 0 Å². The minimum Gasteiger partial charge on any atom is -0.384 e. The van der Waals surface area contributed by atoms with Crippen molar-refractivity contribution in [2.45, 2.75) is 32.7 Å². The Labute approximate surface area is 123 Å². The number of nitrogens with one attached hydrogen (secondary N) is 1. The van der Waals surface area contributed by atoms with E-state index < -0.39 is 0 Å². The van der Waals surface area contributed by atoms with Crippen molar-refractivity contribution in [3.8, 4) is 0 Å². The summed E-state index contributed by atoms with van der Waals surface area (Å²) >= 11 is 0. The zero-order valence-corrected chi connectivity index (χ0v) is 13.1. The Morgan fingerprint density at radius 3 is 2.95 bits per heavy atom. The highest BCUT2D eigenvalue weighted by molar-refractivity contribution is 5.55. The summed E-state index contributed by atoms with van der Waals surface area (Å²) in [7, 11) is 1.80. The topological polar surface area (TPSA) is 24.5 Å². The zero-order valence-electron chi connectivity index (χ0n) is 13.1. The van der Waals surface area contributed by atoms with Crippen LogP contribution < -0.4 is 10.2 Å². The monoisotopic (exact) mass is 276 g/mol. The zero-order chi connectivity index (χ0) is 14.4. The lowest BCUT2D eigenvalue weighted by Gasteiger charge is -2.25. The molecule has 2 atom stereocenters. The van der Waals surface area contributed by atoms with Crippen molar-refractivity contribution in [1.29, 1.82) is 0 Å². The number of rotatable bonds is 7. The molecule has 1 aliphatic heterocycles. The van der Waals surface area contributed by atoms with Gasteiger partial charge in [-0.3, -0.25) is 0 Å². The Balaban J connectivity index is 2.08. The molecule has 0 bridgehead atoms. The summed E-state index contributed by atoms with van der Waals surface area (Å²) in [6, 6.07) is 9.22. The molecule has 1 aromatic carbocycles. The predicted molar refractivity (Wildman–Crippen MR) is 85.3 cm³/mol. The van der Waals surface area contributed by atoms with Gasteiger partial charge in [0.2, 0.25) is 0 Å². The van der Waals surface area contributed by atoms with Crippen molar-refractivity contribution in [1.82, 2.24) is 5.32 Å². The van der Waals surface area contributed by atoms with Crippen molar-refractivity contribution in [3.05, 3.63) is 29.8 Å². The van der Waals surface area contributed by atoms with E-state index in [4.69, 9.17) is 4.74 Å². The van der Waals surface area contributed by atoms with Crippen LogP contribution in [0, 0.1) is 5.92 Å². The predicted octanol–water partition coefficient (Wildman–Crippen LogP) is 3.22. The van der Waals surface area contributed by atoms with Crippen LogP contribution in [0.2, 0.25) is 0 Å². The van der Waals surface area contributed by atoms with Crippen LogP contribution in [0.25, 0.3) is 0 Å². The quantitative estimate of drug-likeness (QED) is 0.827. The standard InChI is InChI=1S/C17H28N2O/c1-4-10-18-14(2)16-7-5-6-8-17(16)19-11-9-15(12-19)13-20-3/h5-8,14-15,18H,4,9-13H2,1-3H3. The smallest absolute Gasteiger partial charge is 0.0508 e. The molecule has 112 valence electrons. The summed E-state index contributed by atoms with van der Waals surface area (Å²) in [6.07, 6.45) is 2.41. The van der Waals surface area contributed by atoms with Gasteiger partial charge in [-0.1, -0.05) is 25.1 Å². The van der Waals surface area contributed by atoms with Crippen LogP contribution in [0.1, 0.15) is 38.3 Å². The highest BCUT2D eigenvalue weighted by atomic mass is 16.5. The van der Waals surface area contributed by atoms with Gasteiger partial charge >= 0.3 is 0 Å². The summed E-state index contributed by atoms with van der Waals surface area (Å²) in [5.74, 6) is 0.673. The molecule has 0 radical (unpaired) electrons. The summed E-state index contributed by atoms with van der Waals surface area (Å²) in [6.45, 7) is 8.68. The van der Waals surface area contributed by atoms with Gasteiger partial charge in [0.05, 0.1) is 6.61 Å². The molecule has 1 aliphatic rings. The fourth-order valence-electron chi connectivity index (χ4n) is 3.04. The molecule has 1 fully saturated rings. The van der Waals surface area contributed by atoms with Gasteiger partial charge in [-0.25, -0.2) is 0 Å². The molecular weight excluding hydrogens is 248 g/mol. The summed E-state index contributed by atoms with van der Waals surface area (Å²) < 4.78 is 5.30. The molecule has 1 aromatic rings. The van der Waals surface area contributed by atoms with E-state index in [1.54, 1.807) is 7.11 Å². The molecule has 1 N–H and O–H groups in total. The van der Waals surface area contributed by atoms with Crippen molar-refractivity contribution < 1.29 is 4.74 Å². The van der Waals surface area contributed by atoms with Crippen molar-refractivity contribution >= 4 is 5.69 Å². The first-order valence-electron chi connectivity index (χ1n) is 7.82. The first kappa shape index (κ1) is 15.3. The normalized spacial score (nSPS) is 20.4. The fraction of sp³-hybridized carbons (Fsp3) is 0.647. The molecule has 0 aliphatic carbocycles. The minimum absolute atomic E-state index is 0.410. The average molecular weight is 276 g/mol. The largest absolute Gasteiger partial charge is 0.384 e. The van der Waals surface area contributed by atoms with Gasteiger partial charge in [-0.15, -0.1) is 0 Å². The Morgan fingerprint density at radius 2 is 2.20 bits per heavy atom. The van der Waals surface area contributed by atoms with Gasteiger partial charge in [-0.05, 0) is 37.9 Å². The third-order valence-electron chi connectivity index (χ3n) is 4.13. The number of para-hydroxylation sites is 1. The van der Waals surface area contributed by atoms with Crippen molar-refractivity contribution in [3.63, 3.8) is 0 Å². The second-order valence-corrected chi connectivity index (χ2v) is 5.79. The fourth-order valence-corrected chi connectivity index (χ4v) is 3.04. The summed E-state index contributed by atoms with van der Waals surface area (Å²) in [5, 5.41) is 3.60. The van der Waals surface area contributed by atoms with Gasteiger partial charge in [0, 0.05) is 37.8 Å². The summed E-state index contributed by atoms with van der Waals surface area (Å²) in [5.41, 5.74) is 2.81. The SMILES string of the molecule is CCCNC(C)c1ccccc1N1CCC(COC)C1. The molecule has 0 amide bonds. The molecule has 0 spiro atoms. The molecule has 20 heavy (non-hydrogen) atoms. The van der Waals surface area contributed by atoms with Gasteiger partial charge in [0.25, 0.3) is 0 Å². The van der Waals surface area contributed by atoms with Crippen molar-refractivity contribution in [2.24, 2.45) is 5.92 Å². The number of ether oxygens (including phenoxy) is 1. The molecule has 0 saturated carbocycles. The van der Waals surface area contributed by atoms with E-state index in [2.05, 4.69) is 48.3 Å². The van der Waals surface area contributed by atoms with E-state index in [0.29, 0.717) is 12.0 Å². The van der Waals surface area contributed by atoms with E-state index in [1.807, 2.05) is 0 Å². The van der Waals surface area contributed by atoms with Crippen molar-refractivity contribution in [2.75, 3.05) is 38.3 Å². The molecule has 3 nitrogen and oxygen atoms in total. The molecule has 1 saturated heterocycles. The van der Waals surface area contributed by atoms with E-state index in [9.17, 15) is 0 Å². The number of hydrogen-bond donors (Lipinski definition) is 1. The number of hydrogen-bond acceptors (Lipinski definition) is 3. The number of benzene rings is 1. The lowest BCUT2D eigenvalue weighted by molar-refractivity contribution is 0.161. The van der Waals surface area contributed by atoms with E-state index in [0.717, 1.165) is 26.2 Å². The third-order valence-corrected chi connectivity index (χ3v) is 4.13. The van der Waals surface area contributed by atoms with Gasteiger partial charge in [0.1, 0.15) is 0 Å². The number of nitrogens with zero attached hydrogens (tertiary/aromatic N) is 1. The Hall–Kier alpha value is -1.06. The van der Waals surface area contributed by atoms with Crippen LogP contribution in [0.4, 0.5) is 5.69 Å².